The second-order valence-electron chi connectivity index (χ2n) is 7.62. The lowest BCUT2D eigenvalue weighted by Gasteiger charge is -2.15. The number of nitrogens with one attached hydrogen (secondary N) is 3. The zero-order valence-electron chi connectivity index (χ0n) is 19.0. The minimum atomic E-state index is -4.11. The first-order valence-electron chi connectivity index (χ1n) is 10.8. The molecule has 0 fully saturated rings. The average molecular weight is 546 g/mol. The lowest BCUT2D eigenvalue weighted by atomic mass is 10.2. The lowest BCUT2D eigenvalue weighted by molar-refractivity contribution is 0.203. The highest BCUT2D eigenvalue weighted by molar-refractivity contribution is 7.92. The molecule has 37 heavy (non-hydrogen) atoms. The van der Waals surface area contributed by atoms with Crippen molar-refractivity contribution >= 4 is 44.6 Å². The van der Waals surface area contributed by atoms with Crippen LogP contribution in [-0.2, 0) is 10.0 Å². The molecule has 0 unspecified atom stereocenters. The zero-order chi connectivity index (χ0) is 26.4. The maximum Gasteiger partial charge on any atom is 0.263 e. The molecule has 0 radical (unpaired) electrons. The van der Waals surface area contributed by atoms with Gasteiger partial charge in [0.1, 0.15) is 17.0 Å². The molecule has 4 rings (SSSR count). The summed E-state index contributed by atoms with van der Waals surface area (Å²) in [7, 11) is -4.11. The van der Waals surface area contributed by atoms with Gasteiger partial charge in [0.2, 0.25) is 5.95 Å². The van der Waals surface area contributed by atoms with Crippen molar-refractivity contribution in [2.45, 2.75) is 10.9 Å². The van der Waals surface area contributed by atoms with Crippen LogP contribution in [0.3, 0.4) is 0 Å². The number of sulfonamides is 1. The van der Waals surface area contributed by atoms with Crippen LogP contribution in [0.15, 0.2) is 72.1 Å². The Morgan fingerprint density at radius 3 is 2.54 bits per heavy atom. The van der Waals surface area contributed by atoms with Crippen LogP contribution in [-0.4, -0.2) is 57.8 Å². The van der Waals surface area contributed by atoms with Crippen molar-refractivity contribution in [2.75, 3.05) is 28.6 Å². The van der Waals surface area contributed by atoms with E-state index in [-0.39, 0.29) is 40.6 Å². The minimum absolute atomic E-state index is 0.0128. The van der Waals surface area contributed by atoms with Crippen LogP contribution >= 0.6 is 11.6 Å². The maximum atomic E-state index is 14.9. The van der Waals surface area contributed by atoms with Crippen LogP contribution in [0.1, 0.15) is 0 Å². The van der Waals surface area contributed by atoms with Gasteiger partial charge in [-0.2, -0.15) is 4.98 Å². The SMILES string of the molecule is O=S(=O)(Nc1ccc(Nc2ccncc2-c2ncnc(NC(CO)CO)n2)cc1F)c1ccccc1Cl. The summed E-state index contributed by atoms with van der Waals surface area (Å²) in [5.41, 5.74) is 1.01. The molecule has 0 saturated heterocycles. The summed E-state index contributed by atoms with van der Waals surface area (Å²) in [5, 5.41) is 24.4. The molecule has 2 aromatic carbocycles. The normalized spacial score (nSPS) is 11.4. The second kappa shape index (κ2) is 11.4. The van der Waals surface area contributed by atoms with Gasteiger partial charge < -0.3 is 20.8 Å². The number of pyridine rings is 1. The number of hydrogen-bond donors (Lipinski definition) is 5. The van der Waals surface area contributed by atoms with Gasteiger partial charge in [-0.3, -0.25) is 9.71 Å². The van der Waals surface area contributed by atoms with Crippen LogP contribution in [0.4, 0.5) is 27.4 Å². The van der Waals surface area contributed by atoms with Gasteiger partial charge in [-0.25, -0.2) is 22.8 Å². The Bertz CT molecular complexity index is 1510. The van der Waals surface area contributed by atoms with Gasteiger partial charge >= 0.3 is 0 Å². The van der Waals surface area contributed by atoms with E-state index in [2.05, 4.69) is 35.3 Å². The highest BCUT2D eigenvalue weighted by atomic mass is 35.5. The molecule has 14 heteroatoms. The Morgan fingerprint density at radius 2 is 1.81 bits per heavy atom. The molecule has 192 valence electrons. The van der Waals surface area contributed by atoms with Gasteiger partial charge in [0, 0.05) is 18.1 Å². The van der Waals surface area contributed by atoms with E-state index in [9.17, 15) is 23.0 Å². The highest BCUT2D eigenvalue weighted by Crippen LogP contribution is 2.30. The zero-order valence-corrected chi connectivity index (χ0v) is 20.6. The second-order valence-corrected chi connectivity index (χ2v) is 9.67. The van der Waals surface area contributed by atoms with Crippen LogP contribution < -0.4 is 15.4 Å². The van der Waals surface area contributed by atoms with Gasteiger partial charge in [0.25, 0.3) is 10.0 Å². The molecule has 0 atom stereocenters. The van der Waals surface area contributed by atoms with Crippen molar-refractivity contribution in [2.24, 2.45) is 0 Å². The van der Waals surface area contributed by atoms with E-state index in [1.54, 1.807) is 12.1 Å². The van der Waals surface area contributed by atoms with Crippen molar-refractivity contribution in [3.8, 4) is 11.4 Å². The van der Waals surface area contributed by atoms with Crippen molar-refractivity contribution < 1.29 is 23.0 Å². The van der Waals surface area contributed by atoms with Crippen molar-refractivity contribution in [1.82, 2.24) is 19.9 Å². The van der Waals surface area contributed by atoms with Crippen LogP contribution in [0.25, 0.3) is 11.4 Å². The third-order valence-electron chi connectivity index (χ3n) is 5.03. The number of benzene rings is 2. The minimum Gasteiger partial charge on any atom is -0.394 e. The molecule has 2 aromatic heterocycles. The highest BCUT2D eigenvalue weighted by Gasteiger charge is 2.20. The average Bonchev–Trinajstić information content (AvgIpc) is 2.89. The summed E-state index contributed by atoms with van der Waals surface area (Å²) >= 11 is 5.98. The molecule has 0 bridgehead atoms. The monoisotopic (exact) mass is 545 g/mol. The molecule has 2 heterocycles. The number of aromatic nitrogens is 4. The van der Waals surface area contributed by atoms with Crippen LogP contribution in [0.2, 0.25) is 5.02 Å². The Morgan fingerprint density at radius 1 is 1.03 bits per heavy atom. The van der Waals surface area contributed by atoms with Gasteiger partial charge in [0.05, 0.1) is 41.2 Å². The Kier molecular flexibility index (Phi) is 8.08. The van der Waals surface area contributed by atoms with E-state index in [0.29, 0.717) is 16.9 Å². The summed E-state index contributed by atoms with van der Waals surface area (Å²) in [4.78, 5) is 16.3. The fraction of sp³-hybridized carbons (Fsp3) is 0.130. The van der Waals surface area contributed by atoms with Gasteiger partial charge in [-0.05, 0) is 36.4 Å². The first-order valence-corrected chi connectivity index (χ1v) is 12.6. The third kappa shape index (κ3) is 6.27. The summed E-state index contributed by atoms with van der Waals surface area (Å²) < 4.78 is 42.4. The first-order chi connectivity index (χ1) is 17.8. The number of aliphatic hydroxyl groups is 2. The molecular weight excluding hydrogens is 525 g/mol. The molecule has 0 aliphatic rings. The Hall–Kier alpha value is -3.91. The topological polar surface area (TPSA) is 162 Å². The van der Waals surface area contributed by atoms with Gasteiger partial charge in [0.15, 0.2) is 5.82 Å². The van der Waals surface area contributed by atoms with Crippen molar-refractivity contribution in [3.63, 3.8) is 0 Å². The predicted octanol–water partition coefficient (Wildman–Crippen LogP) is 3.04. The number of aliphatic hydroxyl groups excluding tert-OH is 2. The molecular formula is C23H21ClFN7O4S. The van der Waals surface area contributed by atoms with Crippen molar-refractivity contribution in [1.29, 1.82) is 0 Å². The van der Waals surface area contributed by atoms with Crippen LogP contribution in [0, 0.1) is 5.82 Å². The van der Waals surface area contributed by atoms with E-state index >= 15 is 0 Å². The molecule has 4 aromatic rings. The summed E-state index contributed by atoms with van der Waals surface area (Å²) in [6.07, 6.45) is 4.27. The number of halogens is 2. The quantitative estimate of drug-likeness (QED) is 0.200. The molecule has 0 saturated carbocycles. The number of hydrogen-bond acceptors (Lipinski definition) is 10. The standard InChI is InChI=1S/C23H21ClFN7O4S/c24-17-3-1-2-4-21(17)37(35,36)32-20-6-5-14(9-18(20)25)29-19-7-8-26-10-16(19)22-27-13-28-23(31-22)30-15(11-33)12-34/h1-10,13,15,32-34H,11-12H2,(H,26,29)(H,27,28,30,31). The van der Waals surface area contributed by atoms with Crippen LogP contribution in [0.5, 0.6) is 0 Å². The van der Waals surface area contributed by atoms with E-state index < -0.39 is 21.9 Å². The summed E-state index contributed by atoms with van der Waals surface area (Å²) in [6.45, 7) is -0.652. The molecule has 5 N–H and O–H groups in total. The Labute approximate surface area is 216 Å². The van der Waals surface area contributed by atoms with Gasteiger partial charge in [-0.1, -0.05) is 23.7 Å². The van der Waals surface area contributed by atoms with E-state index in [1.165, 1.54) is 49.1 Å². The summed E-state index contributed by atoms with van der Waals surface area (Å²) in [5.74, 6) is -0.455. The first kappa shape index (κ1) is 26.2. The molecule has 0 spiro atoms. The number of rotatable bonds is 10. The molecule has 11 nitrogen and oxygen atoms in total. The fourth-order valence-electron chi connectivity index (χ4n) is 3.20. The number of nitrogens with zero attached hydrogens (tertiary/aromatic N) is 4. The number of anilines is 4. The van der Waals surface area contributed by atoms with E-state index in [0.717, 1.165) is 6.07 Å². The smallest absolute Gasteiger partial charge is 0.263 e. The molecule has 0 amide bonds. The maximum absolute atomic E-state index is 14.9. The van der Waals surface area contributed by atoms with Crippen molar-refractivity contribution in [3.05, 3.63) is 78.1 Å². The summed E-state index contributed by atoms with van der Waals surface area (Å²) in [6, 6.07) is 10.7. The molecule has 0 aliphatic heterocycles. The lowest BCUT2D eigenvalue weighted by Crippen LogP contribution is -2.28. The fourth-order valence-corrected chi connectivity index (χ4v) is 4.79. The molecule has 0 aliphatic carbocycles. The van der Waals surface area contributed by atoms with E-state index in [4.69, 9.17) is 11.6 Å². The van der Waals surface area contributed by atoms with Gasteiger partial charge in [-0.15, -0.1) is 0 Å². The Balaban J connectivity index is 1.56. The third-order valence-corrected chi connectivity index (χ3v) is 6.89. The largest absolute Gasteiger partial charge is 0.394 e. The van der Waals surface area contributed by atoms with E-state index in [1.807, 2.05) is 0 Å². The predicted molar refractivity (Wildman–Crippen MR) is 137 cm³/mol.